The second-order valence-electron chi connectivity index (χ2n) is 5.33. The predicted octanol–water partition coefficient (Wildman–Crippen LogP) is 1.50. The molecule has 0 bridgehead atoms. The van der Waals surface area contributed by atoms with Gasteiger partial charge in [0.1, 0.15) is 6.33 Å². The van der Waals surface area contributed by atoms with E-state index in [1.165, 1.54) is 6.33 Å². The number of carbonyl (C=O) groups excluding carboxylic acids is 1. The van der Waals surface area contributed by atoms with Crippen molar-refractivity contribution in [3.05, 3.63) is 12.2 Å². The van der Waals surface area contributed by atoms with E-state index in [-0.39, 0.29) is 23.8 Å². The Morgan fingerprint density at radius 3 is 2.47 bits per heavy atom. The number of aromatic nitrogens is 3. The van der Waals surface area contributed by atoms with Crippen LogP contribution in [0.4, 0.5) is 4.79 Å². The van der Waals surface area contributed by atoms with Crippen molar-refractivity contribution >= 4 is 6.09 Å². The third-order valence-electron chi connectivity index (χ3n) is 2.99. The van der Waals surface area contributed by atoms with Gasteiger partial charge in [0.25, 0.3) is 0 Å². The molecule has 6 heteroatoms. The van der Waals surface area contributed by atoms with Gasteiger partial charge in [0, 0.05) is 12.6 Å². The van der Waals surface area contributed by atoms with Gasteiger partial charge in [-0.3, -0.25) is 4.90 Å². The van der Waals surface area contributed by atoms with Crippen LogP contribution in [0.1, 0.15) is 39.6 Å². The summed E-state index contributed by atoms with van der Waals surface area (Å²) in [4.78, 5) is 17.8. The highest BCUT2D eigenvalue weighted by atomic mass is 16.6. The molecule has 0 radical (unpaired) electrons. The quantitative estimate of drug-likeness (QED) is 0.743. The van der Waals surface area contributed by atoms with Crippen molar-refractivity contribution < 1.29 is 9.53 Å². The lowest BCUT2D eigenvalue weighted by atomic mass is 10.0. The number of hydrogen-bond acceptors (Lipinski definition) is 4. The Balaban J connectivity index is 2.31. The minimum absolute atomic E-state index is 0.0506. The lowest BCUT2D eigenvalue weighted by Crippen LogP contribution is -2.46. The second-order valence-corrected chi connectivity index (χ2v) is 5.33. The van der Waals surface area contributed by atoms with Crippen molar-refractivity contribution in [1.82, 2.24) is 19.7 Å². The van der Waals surface area contributed by atoms with Crippen molar-refractivity contribution in [2.24, 2.45) is 7.05 Å². The molecule has 6 nitrogen and oxygen atoms in total. The van der Waals surface area contributed by atoms with Gasteiger partial charge in [-0.1, -0.05) is 0 Å². The van der Waals surface area contributed by atoms with Crippen LogP contribution in [0.15, 0.2) is 6.33 Å². The third kappa shape index (κ3) is 1.87. The first-order chi connectivity index (χ1) is 7.82. The molecule has 1 fully saturated rings. The number of aryl methyl sites for hydroxylation is 1. The molecule has 0 spiro atoms. The normalized spacial score (nSPS) is 25.2. The molecule has 1 aliphatic heterocycles. The molecule has 1 amide bonds. The summed E-state index contributed by atoms with van der Waals surface area (Å²) < 4.78 is 7.04. The van der Waals surface area contributed by atoms with Crippen molar-refractivity contribution in [2.45, 2.75) is 45.4 Å². The van der Waals surface area contributed by atoms with Crippen LogP contribution in [-0.2, 0) is 11.8 Å². The molecule has 2 heterocycles. The van der Waals surface area contributed by atoms with Crippen LogP contribution in [-0.4, -0.2) is 37.3 Å². The van der Waals surface area contributed by atoms with Crippen LogP contribution >= 0.6 is 0 Å². The lowest BCUT2D eigenvalue weighted by molar-refractivity contribution is 0.117. The topological polar surface area (TPSA) is 60.2 Å². The van der Waals surface area contributed by atoms with Crippen molar-refractivity contribution in [3.8, 4) is 0 Å². The van der Waals surface area contributed by atoms with Crippen molar-refractivity contribution in [3.63, 3.8) is 0 Å². The van der Waals surface area contributed by atoms with Crippen LogP contribution in [0.2, 0.25) is 0 Å². The molecule has 1 saturated heterocycles. The minimum atomic E-state index is -0.353. The summed E-state index contributed by atoms with van der Waals surface area (Å²) in [6.45, 7) is 7.94. The third-order valence-corrected chi connectivity index (χ3v) is 2.99. The second kappa shape index (κ2) is 3.72. The van der Waals surface area contributed by atoms with Gasteiger partial charge < -0.3 is 4.74 Å². The van der Waals surface area contributed by atoms with E-state index >= 15 is 0 Å². The van der Waals surface area contributed by atoms with Gasteiger partial charge in [0.15, 0.2) is 11.9 Å². The van der Waals surface area contributed by atoms with Gasteiger partial charge in [-0.15, -0.1) is 0 Å². The van der Waals surface area contributed by atoms with Crippen LogP contribution in [0, 0.1) is 0 Å². The Morgan fingerprint density at radius 1 is 1.41 bits per heavy atom. The number of hydrogen-bond donors (Lipinski definition) is 0. The van der Waals surface area contributed by atoms with E-state index < -0.39 is 0 Å². The molecule has 2 rings (SSSR count). The zero-order valence-corrected chi connectivity index (χ0v) is 10.8. The van der Waals surface area contributed by atoms with Crippen molar-refractivity contribution in [1.29, 1.82) is 0 Å². The molecule has 0 unspecified atom stereocenters. The van der Waals surface area contributed by atoms with Gasteiger partial charge in [-0.2, -0.15) is 5.10 Å². The van der Waals surface area contributed by atoms with E-state index in [4.69, 9.17) is 4.74 Å². The minimum Gasteiger partial charge on any atom is -0.436 e. The van der Waals surface area contributed by atoms with Crippen LogP contribution in [0.3, 0.4) is 0 Å². The number of rotatable bonds is 1. The SMILES string of the molecule is C[C@@H]1[C@H](c2ncnn2C)OC(=O)N1C(C)(C)C. The van der Waals surface area contributed by atoms with Gasteiger partial charge in [-0.25, -0.2) is 14.5 Å². The Kier molecular flexibility index (Phi) is 2.60. The molecule has 1 aromatic rings. The van der Waals surface area contributed by atoms with Crippen LogP contribution < -0.4 is 0 Å². The Morgan fingerprint density at radius 2 is 2.06 bits per heavy atom. The maximum absolute atomic E-state index is 11.9. The molecule has 0 aromatic carbocycles. The predicted molar refractivity (Wildman–Crippen MR) is 61.3 cm³/mol. The lowest BCUT2D eigenvalue weighted by Gasteiger charge is -2.33. The molecule has 1 aromatic heterocycles. The monoisotopic (exact) mass is 238 g/mol. The zero-order valence-electron chi connectivity index (χ0n) is 10.8. The first kappa shape index (κ1) is 11.9. The van der Waals surface area contributed by atoms with E-state index in [0.29, 0.717) is 5.82 Å². The van der Waals surface area contributed by atoms with Crippen molar-refractivity contribution in [2.75, 3.05) is 0 Å². The highest BCUT2D eigenvalue weighted by molar-refractivity contribution is 5.71. The van der Waals surface area contributed by atoms with E-state index in [9.17, 15) is 4.79 Å². The van der Waals surface area contributed by atoms with Crippen LogP contribution in [0.25, 0.3) is 0 Å². The summed E-state index contributed by atoms with van der Waals surface area (Å²) in [5.74, 6) is 0.678. The number of cyclic esters (lactones) is 1. The summed E-state index contributed by atoms with van der Waals surface area (Å²) in [6.07, 6.45) is 0.822. The molecule has 1 aliphatic rings. The highest BCUT2D eigenvalue weighted by Gasteiger charge is 2.46. The average Bonchev–Trinajstić information content (AvgIpc) is 2.69. The Bertz CT molecular complexity index is 435. The van der Waals surface area contributed by atoms with E-state index in [0.717, 1.165) is 0 Å². The number of ether oxygens (including phenoxy) is 1. The van der Waals surface area contributed by atoms with Gasteiger partial charge in [0.2, 0.25) is 0 Å². The van der Waals surface area contributed by atoms with E-state index in [1.807, 2.05) is 27.7 Å². The molecular weight excluding hydrogens is 220 g/mol. The number of nitrogens with zero attached hydrogens (tertiary/aromatic N) is 4. The summed E-state index contributed by atoms with van der Waals surface area (Å²) in [5.41, 5.74) is -0.260. The van der Waals surface area contributed by atoms with E-state index in [1.54, 1.807) is 16.6 Å². The average molecular weight is 238 g/mol. The highest BCUT2D eigenvalue weighted by Crippen LogP contribution is 2.35. The maximum atomic E-state index is 11.9. The standard InChI is InChI=1S/C11H18N4O2/c1-7-8(9-12-6-13-14(9)5)17-10(16)15(7)11(2,3)4/h6-8H,1-5H3/t7-,8-/m1/s1. The summed E-state index contributed by atoms with van der Waals surface area (Å²) >= 11 is 0. The summed E-state index contributed by atoms with van der Waals surface area (Å²) in [7, 11) is 1.79. The molecular formula is C11H18N4O2. The largest absolute Gasteiger partial charge is 0.436 e. The van der Waals surface area contributed by atoms with Gasteiger partial charge in [-0.05, 0) is 27.7 Å². The fourth-order valence-corrected chi connectivity index (χ4v) is 2.28. The smallest absolute Gasteiger partial charge is 0.411 e. The molecule has 17 heavy (non-hydrogen) atoms. The number of carbonyl (C=O) groups is 1. The molecule has 0 saturated carbocycles. The Hall–Kier alpha value is -1.59. The first-order valence-electron chi connectivity index (χ1n) is 5.66. The Labute approximate surface area is 101 Å². The molecule has 2 atom stereocenters. The molecule has 0 N–H and O–H groups in total. The maximum Gasteiger partial charge on any atom is 0.411 e. The molecule has 0 aliphatic carbocycles. The van der Waals surface area contributed by atoms with Gasteiger partial charge in [0.05, 0.1) is 6.04 Å². The zero-order chi connectivity index (χ0) is 12.8. The summed E-state index contributed by atoms with van der Waals surface area (Å²) in [5, 5.41) is 4.00. The summed E-state index contributed by atoms with van der Waals surface area (Å²) in [6, 6.07) is -0.0506. The fraction of sp³-hybridized carbons (Fsp3) is 0.727. The van der Waals surface area contributed by atoms with Gasteiger partial charge >= 0.3 is 6.09 Å². The molecule has 94 valence electrons. The number of amides is 1. The van der Waals surface area contributed by atoms with Crippen LogP contribution in [0.5, 0.6) is 0 Å². The fourth-order valence-electron chi connectivity index (χ4n) is 2.28. The first-order valence-corrected chi connectivity index (χ1v) is 5.66. The van der Waals surface area contributed by atoms with E-state index in [2.05, 4.69) is 10.1 Å².